The van der Waals surface area contributed by atoms with E-state index in [1.807, 2.05) is 20.8 Å². The lowest BCUT2D eigenvalue weighted by molar-refractivity contribution is 0.105. The monoisotopic (exact) mass is 172 g/mol. The van der Waals surface area contributed by atoms with E-state index >= 15 is 0 Å². The maximum absolute atomic E-state index is 9.95. The van der Waals surface area contributed by atoms with Gasteiger partial charge in [-0.1, -0.05) is 34.6 Å². The van der Waals surface area contributed by atoms with Crippen molar-refractivity contribution in [3.63, 3.8) is 0 Å². The maximum Gasteiger partial charge on any atom is 0.198 e. The zero-order valence-electron chi connectivity index (χ0n) is 8.61. The molecule has 0 unspecified atom stereocenters. The molecule has 0 aromatic rings. The molecule has 0 aromatic carbocycles. The van der Waals surface area contributed by atoms with Gasteiger partial charge in [-0.05, 0) is 5.41 Å². The summed E-state index contributed by atoms with van der Waals surface area (Å²) in [5, 5.41) is 12.8. The van der Waals surface area contributed by atoms with Gasteiger partial charge in [0.2, 0.25) is 0 Å². The second-order valence-corrected chi connectivity index (χ2v) is 6.02. The van der Waals surface area contributed by atoms with Crippen LogP contribution in [0.15, 0.2) is 0 Å². The van der Waals surface area contributed by atoms with Crippen molar-refractivity contribution < 1.29 is 5.11 Å². The van der Waals surface area contributed by atoms with Gasteiger partial charge in [-0.25, -0.2) is 5.11 Å². The van der Waals surface area contributed by atoms with Crippen LogP contribution in [-0.2, 0) is 5.11 Å². The molecule has 0 fully saturated rings. The van der Waals surface area contributed by atoms with Gasteiger partial charge in [0.05, 0.1) is 6.61 Å². The summed E-state index contributed by atoms with van der Waals surface area (Å²) in [5.74, 6) is 0. The molecule has 0 atom stereocenters. The van der Waals surface area contributed by atoms with Gasteiger partial charge in [0.1, 0.15) is 0 Å². The molecule has 11 heavy (non-hydrogen) atoms. The molecule has 0 saturated carbocycles. The predicted octanol–water partition coefficient (Wildman–Crippen LogP) is 3.03. The molecule has 2 radical (unpaired) electrons. The second-order valence-electron chi connectivity index (χ2n) is 3.81. The van der Waals surface area contributed by atoms with E-state index in [0.29, 0.717) is 0 Å². The molecule has 0 aliphatic carbocycles. The minimum atomic E-state index is -0.0139. The third kappa shape index (κ3) is 25.1. The summed E-state index contributed by atoms with van der Waals surface area (Å²) in [7, 11) is 0. The minimum absolute atomic E-state index is 0.0139. The Morgan fingerprint density at radius 2 is 1.36 bits per heavy atom. The minimum Gasteiger partial charge on any atom is -0.236 e. The predicted molar refractivity (Wildman–Crippen MR) is 51.7 cm³/mol. The Labute approximate surface area is 77.9 Å². The average molecular weight is 172 g/mol. The van der Waals surface area contributed by atoms with Gasteiger partial charge < -0.3 is 0 Å². The first-order chi connectivity index (χ1) is 4.97. The van der Waals surface area contributed by atoms with Crippen LogP contribution in [-0.4, -0.2) is 21.8 Å². The molecule has 0 aromatic heterocycles. The third-order valence-electron chi connectivity index (χ3n) is 1.01. The van der Waals surface area contributed by atoms with E-state index in [1.54, 1.807) is 0 Å². The molecule has 66 valence electrons. The van der Waals surface area contributed by atoms with Crippen LogP contribution in [0.4, 0.5) is 0 Å². The van der Waals surface area contributed by atoms with Crippen molar-refractivity contribution in [3.8, 4) is 0 Å². The van der Waals surface area contributed by atoms with Crippen molar-refractivity contribution in [2.45, 2.75) is 45.2 Å². The summed E-state index contributed by atoms with van der Waals surface area (Å²) in [6.07, 6.45) is 0. The normalized spacial score (nSPS) is 10.0. The van der Waals surface area contributed by atoms with Crippen LogP contribution in [0, 0.1) is 5.41 Å². The van der Waals surface area contributed by atoms with Gasteiger partial charge in [0.25, 0.3) is 0 Å². The Kier molecular flexibility index (Phi) is 11.0. The SMILES string of the molecule is CC(C)(C)C[O].C[CH2][Al][CH2]C. The first-order valence-electron chi connectivity index (χ1n) is 4.37. The molecule has 1 nitrogen and oxygen atoms in total. The van der Waals surface area contributed by atoms with Gasteiger partial charge in [-0.15, -0.1) is 10.6 Å². The average Bonchev–Trinajstić information content (AvgIpc) is 1.90. The molecule has 0 amide bonds. The van der Waals surface area contributed by atoms with Crippen molar-refractivity contribution in [2.75, 3.05) is 6.61 Å². The van der Waals surface area contributed by atoms with Crippen LogP contribution in [0.2, 0.25) is 10.6 Å². The van der Waals surface area contributed by atoms with Gasteiger partial charge in [-0.3, -0.25) is 0 Å². The highest BCUT2D eigenvalue weighted by molar-refractivity contribution is 6.34. The second kappa shape index (κ2) is 8.59. The summed E-state index contributed by atoms with van der Waals surface area (Å²) in [4.78, 5) is 0. The highest BCUT2D eigenvalue weighted by atomic mass is 27.1. The van der Waals surface area contributed by atoms with E-state index in [2.05, 4.69) is 13.8 Å². The van der Waals surface area contributed by atoms with E-state index in [4.69, 9.17) is 0 Å². The molecule has 2 heteroatoms. The fourth-order valence-corrected chi connectivity index (χ4v) is 0.866. The molecule has 0 aliphatic rings. The summed E-state index contributed by atoms with van der Waals surface area (Å²) in [6, 6.07) is 0. The van der Waals surface area contributed by atoms with Crippen molar-refractivity contribution in [2.24, 2.45) is 5.41 Å². The standard InChI is InChI=1S/C5H11O.2C2H5.Al/c1-5(2,3)4-6;2*1-2;/h4H2,1-3H3;2*1H2,2H3;. The van der Waals surface area contributed by atoms with Crippen molar-refractivity contribution >= 4 is 15.2 Å². The summed E-state index contributed by atoms with van der Waals surface area (Å²) >= 11 is 0.815. The Hall–Kier alpha value is 0.492. The van der Waals surface area contributed by atoms with Gasteiger partial charge in [0.15, 0.2) is 15.2 Å². The Morgan fingerprint density at radius 1 is 1.09 bits per heavy atom. The highest BCUT2D eigenvalue weighted by Gasteiger charge is 2.06. The van der Waals surface area contributed by atoms with Crippen molar-refractivity contribution in [1.82, 2.24) is 0 Å². The highest BCUT2D eigenvalue weighted by Crippen LogP contribution is 2.09. The molecule has 0 saturated heterocycles. The number of hydrogen-bond donors (Lipinski definition) is 0. The van der Waals surface area contributed by atoms with Crippen LogP contribution in [0.3, 0.4) is 0 Å². The van der Waals surface area contributed by atoms with Crippen LogP contribution < -0.4 is 0 Å². The first-order valence-corrected chi connectivity index (χ1v) is 6.01. The largest absolute Gasteiger partial charge is 0.236 e. The maximum atomic E-state index is 9.95. The fourth-order valence-electron chi connectivity index (χ4n) is 0.289. The third-order valence-corrected chi connectivity index (χ3v) is 2.17. The molecule has 0 N–H and O–H groups in total. The van der Waals surface area contributed by atoms with Crippen LogP contribution in [0.5, 0.6) is 0 Å². The van der Waals surface area contributed by atoms with Crippen molar-refractivity contribution in [3.05, 3.63) is 0 Å². The summed E-state index contributed by atoms with van der Waals surface area (Å²) < 4.78 is 0. The number of hydrogen-bond acceptors (Lipinski definition) is 0. The zero-order chi connectivity index (χ0) is 9.33. The van der Waals surface area contributed by atoms with E-state index in [0.717, 1.165) is 15.2 Å². The van der Waals surface area contributed by atoms with Gasteiger partial charge in [0, 0.05) is 0 Å². The molecule has 0 rings (SSSR count). The topological polar surface area (TPSA) is 19.9 Å². The van der Waals surface area contributed by atoms with E-state index in [-0.39, 0.29) is 12.0 Å². The summed E-state index contributed by atoms with van der Waals surface area (Å²) in [5.41, 5.74) is -0.0139. The lowest BCUT2D eigenvalue weighted by atomic mass is 9.99. The molecule has 0 aliphatic heterocycles. The zero-order valence-corrected chi connectivity index (χ0v) is 9.76. The molecule has 0 bridgehead atoms. The molecule has 0 heterocycles. The molecular weight excluding hydrogens is 151 g/mol. The van der Waals surface area contributed by atoms with Gasteiger partial charge in [-0.2, -0.15) is 0 Å². The Bertz CT molecular complexity index is 64.5. The Balaban J connectivity index is 0. The fraction of sp³-hybridized carbons (Fsp3) is 1.00. The van der Waals surface area contributed by atoms with Crippen molar-refractivity contribution in [1.29, 1.82) is 0 Å². The molecular formula is C9H21AlO. The lowest BCUT2D eigenvalue weighted by Gasteiger charge is -2.09. The van der Waals surface area contributed by atoms with E-state index in [1.165, 1.54) is 10.6 Å². The van der Waals surface area contributed by atoms with Crippen LogP contribution >= 0.6 is 0 Å². The number of rotatable bonds is 2. The quantitative estimate of drug-likeness (QED) is 0.570. The first kappa shape index (κ1) is 14.0. The van der Waals surface area contributed by atoms with Crippen LogP contribution in [0.25, 0.3) is 0 Å². The van der Waals surface area contributed by atoms with Crippen LogP contribution in [0.1, 0.15) is 34.6 Å². The lowest BCUT2D eigenvalue weighted by Crippen LogP contribution is -2.08. The smallest absolute Gasteiger partial charge is 0.198 e. The summed E-state index contributed by atoms with van der Waals surface area (Å²) in [6.45, 7) is 10.3. The van der Waals surface area contributed by atoms with E-state index in [9.17, 15) is 5.11 Å². The van der Waals surface area contributed by atoms with E-state index < -0.39 is 0 Å². The Morgan fingerprint density at radius 3 is 1.36 bits per heavy atom. The van der Waals surface area contributed by atoms with Gasteiger partial charge >= 0.3 is 0 Å². The molecule has 0 spiro atoms.